The molecule has 0 unspecified atom stereocenters. The van der Waals surface area contributed by atoms with Gasteiger partial charge >= 0.3 is 0 Å². The monoisotopic (exact) mass is 358 g/mol. The topological polar surface area (TPSA) is 32.3 Å². The van der Waals surface area contributed by atoms with Crippen molar-refractivity contribution < 1.29 is 4.79 Å². The maximum atomic E-state index is 11.9. The van der Waals surface area contributed by atoms with Gasteiger partial charge in [0.15, 0.2) is 0 Å². The van der Waals surface area contributed by atoms with Crippen molar-refractivity contribution in [3.8, 4) is 0 Å². The molecule has 3 nitrogen and oxygen atoms in total. The van der Waals surface area contributed by atoms with Gasteiger partial charge in [-0.1, -0.05) is 13.0 Å². The number of rotatable bonds is 6. The standard InChI is InChI=1S/C14H19IN2O/c1-2-17(9-11-6-7-11)10-14(18)16-13-5-3-4-12(15)8-13/h3-5,8,11H,2,6-7,9-10H2,1H3,(H,16,18). The Labute approximate surface area is 122 Å². The van der Waals surface area contributed by atoms with Gasteiger partial charge in [-0.2, -0.15) is 0 Å². The Morgan fingerprint density at radius 2 is 2.28 bits per heavy atom. The number of hydrogen-bond acceptors (Lipinski definition) is 2. The second-order valence-corrected chi connectivity index (χ2v) is 6.08. The van der Waals surface area contributed by atoms with Crippen LogP contribution in [0.2, 0.25) is 0 Å². The lowest BCUT2D eigenvalue weighted by Gasteiger charge is -2.19. The zero-order valence-electron chi connectivity index (χ0n) is 10.7. The lowest BCUT2D eigenvalue weighted by molar-refractivity contribution is -0.117. The van der Waals surface area contributed by atoms with Crippen molar-refractivity contribution in [2.75, 3.05) is 25.0 Å². The van der Waals surface area contributed by atoms with Gasteiger partial charge in [0.1, 0.15) is 0 Å². The third-order valence-electron chi connectivity index (χ3n) is 3.14. The normalized spacial score (nSPS) is 14.8. The van der Waals surface area contributed by atoms with Crippen LogP contribution in [-0.4, -0.2) is 30.4 Å². The Bertz CT molecular complexity index is 418. The fourth-order valence-corrected chi connectivity index (χ4v) is 2.48. The number of carbonyl (C=O) groups is 1. The van der Waals surface area contributed by atoms with Gasteiger partial charge in [0.2, 0.25) is 5.91 Å². The molecule has 1 aliphatic carbocycles. The number of hydrogen-bond donors (Lipinski definition) is 1. The predicted molar refractivity (Wildman–Crippen MR) is 82.6 cm³/mol. The predicted octanol–water partition coefficient (Wildman–Crippen LogP) is 2.96. The van der Waals surface area contributed by atoms with E-state index in [1.54, 1.807) is 0 Å². The lowest BCUT2D eigenvalue weighted by atomic mass is 10.3. The van der Waals surface area contributed by atoms with Gasteiger partial charge in [0.05, 0.1) is 6.54 Å². The molecule has 18 heavy (non-hydrogen) atoms. The minimum atomic E-state index is 0.0829. The van der Waals surface area contributed by atoms with Crippen LogP contribution in [0.4, 0.5) is 5.69 Å². The highest BCUT2D eigenvalue weighted by Gasteiger charge is 2.24. The number of likely N-dealkylation sites (N-methyl/N-ethyl adjacent to an activating group) is 1. The number of anilines is 1. The summed E-state index contributed by atoms with van der Waals surface area (Å²) in [5.74, 6) is 0.912. The zero-order valence-corrected chi connectivity index (χ0v) is 12.8. The molecule has 4 heteroatoms. The van der Waals surface area contributed by atoms with Crippen molar-refractivity contribution in [2.24, 2.45) is 5.92 Å². The second-order valence-electron chi connectivity index (χ2n) is 4.83. The van der Waals surface area contributed by atoms with Crippen LogP contribution in [0.25, 0.3) is 0 Å². The van der Waals surface area contributed by atoms with Crippen LogP contribution in [0.5, 0.6) is 0 Å². The average molecular weight is 358 g/mol. The fraction of sp³-hybridized carbons (Fsp3) is 0.500. The minimum Gasteiger partial charge on any atom is -0.325 e. The summed E-state index contributed by atoms with van der Waals surface area (Å²) in [6.07, 6.45) is 2.66. The molecule has 0 bridgehead atoms. The first-order chi connectivity index (χ1) is 8.67. The van der Waals surface area contributed by atoms with E-state index in [4.69, 9.17) is 0 Å². The van der Waals surface area contributed by atoms with E-state index in [0.717, 1.165) is 28.3 Å². The zero-order chi connectivity index (χ0) is 13.0. The summed E-state index contributed by atoms with van der Waals surface area (Å²) in [5, 5.41) is 2.96. The first-order valence-electron chi connectivity index (χ1n) is 6.45. The summed E-state index contributed by atoms with van der Waals surface area (Å²) in [7, 11) is 0. The molecule has 98 valence electrons. The summed E-state index contributed by atoms with van der Waals surface area (Å²) >= 11 is 2.25. The Morgan fingerprint density at radius 1 is 1.50 bits per heavy atom. The smallest absolute Gasteiger partial charge is 0.238 e. The van der Waals surface area contributed by atoms with E-state index in [9.17, 15) is 4.79 Å². The van der Waals surface area contributed by atoms with E-state index in [-0.39, 0.29) is 5.91 Å². The van der Waals surface area contributed by atoms with Crippen molar-refractivity contribution in [3.05, 3.63) is 27.8 Å². The van der Waals surface area contributed by atoms with Gasteiger partial charge in [-0.3, -0.25) is 9.69 Å². The van der Waals surface area contributed by atoms with Gasteiger partial charge in [-0.05, 0) is 66.1 Å². The van der Waals surface area contributed by atoms with Crippen molar-refractivity contribution >= 4 is 34.2 Å². The number of halogens is 1. The summed E-state index contributed by atoms with van der Waals surface area (Å²) < 4.78 is 1.13. The SMILES string of the molecule is CCN(CC(=O)Nc1cccc(I)c1)CC1CC1. The van der Waals surface area contributed by atoms with E-state index in [2.05, 4.69) is 39.7 Å². The third kappa shape index (κ3) is 4.57. The number of benzene rings is 1. The van der Waals surface area contributed by atoms with Crippen LogP contribution in [0.1, 0.15) is 19.8 Å². The van der Waals surface area contributed by atoms with E-state index >= 15 is 0 Å². The Kier molecular flexibility index (Phi) is 5.00. The Hall–Kier alpha value is -0.620. The summed E-state index contributed by atoms with van der Waals surface area (Å²) in [6, 6.07) is 7.88. The Balaban J connectivity index is 1.83. The summed E-state index contributed by atoms with van der Waals surface area (Å²) in [5.41, 5.74) is 0.884. The molecule has 2 rings (SSSR count). The molecule has 1 N–H and O–H groups in total. The number of amides is 1. The molecule has 1 aromatic rings. The van der Waals surface area contributed by atoms with Crippen molar-refractivity contribution in [1.29, 1.82) is 0 Å². The molecule has 0 atom stereocenters. The highest BCUT2D eigenvalue weighted by atomic mass is 127. The largest absolute Gasteiger partial charge is 0.325 e. The van der Waals surface area contributed by atoms with Gasteiger partial charge in [-0.15, -0.1) is 0 Å². The molecule has 1 aliphatic rings. The molecule has 0 aromatic heterocycles. The molecule has 0 spiro atoms. The van der Waals surface area contributed by atoms with Gasteiger partial charge in [0.25, 0.3) is 0 Å². The maximum Gasteiger partial charge on any atom is 0.238 e. The molecule has 1 amide bonds. The number of nitrogens with one attached hydrogen (secondary N) is 1. The first kappa shape index (κ1) is 13.8. The first-order valence-corrected chi connectivity index (χ1v) is 7.53. The van der Waals surface area contributed by atoms with Crippen LogP contribution >= 0.6 is 22.6 Å². The second kappa shape index (κ2) is 6.52. The third-order valence-corrected chi connectivity index (χ3v) is 3.81. The number of carbonyl (C=O) groups excluding carboxylic acids is 1. The minimum absolute atomic E-state index is 0.0829. The molecule has 0 radical (unpaired) electrons. The molecule has 1 aromatic carbocycles. The van der Waals surface area contributed by atoms with E-state index in [1.807, 2.05) is 24.3 Å². The molecule has 1 fully saturated rings. The summed E-state index contributed by atoms with van der Waals surface area (Å²) in [6.45, 7) is 4.62. The highest BCUT2D eigenvalue weighted by Crippen LogP contribution is 2.29. The molecular formula is C14H19IN2O. The van der Waals surface area contributed by atoms with Crippen LogP contribution < -0.4 is 5.32 Å². The van der Waals surface area contributed by atoms with Crippen molar-refractivity contribution in [2.45, 2.75) is 19.8 Å². The van der Waals surface area contributed by atoms with Crippen LogP contribution in [-0.2, 0) is 4.79 Å². The molecule has 0 saturated heterocycles. The van der Waals surface area contributed by atoms with Crippen molar-refractivity contribution in [1.82, 2.24) is 4.90 Å². The highest BCUT2D eigenvalue weighted by molar-refractivity contribution is 14.1. The average Bonchev–Trinajstić information content (AvgIpc) is 3.12. The number of nitrogens with zero attached hydrogens (tertiary/aromatic N) is 1. The van der Waals surface area contributed by atoms with Crippen LogP contribution in [0, 0.1) is 9.49 Å². The molecule has 0 heterocycles. The fourth-order valence-electron chi connectivity index (χ4n) is 1.94. The van der Waals surface area contributed by atoms with Gasteiger partial charge in [-0.25, -0.2) is 0 Å². The van der Waals surface area contributed by atoms with E-state index in [0.29, 0.717) is 6.54 Å². The molecule has 0 aliphatic heterocycles. The van der Waals surface area contributed by atoms with E-state index < -0.39 is 0 Å². The Morgan fingerprint density at radius 3 is 2.89 bits per heavy atom. The van der Waals surface area contributed by atoms with E-state index in [1.165, 1.54) is 12.8 Å². The van der Waals surface area contributed by atoms with Gasteiger partial charge in [0, 0.05) is 15.8 Å². The maximum absolute atomic E-state index is 11.9. The van der Waals surface area contributed by atoms with Gasteiger partial charge < -0.3 is 5.32 Å². The van der Waals surface area contributed by atoms with Crippen LogP contribution in [0.3, 0.4) is 0 Å². The lowest BCUT2D eigenvalue weighted by Crippen LogP contribution is -2.34. The summed E-state index contributed by atoms with van der Waals surface area (Å²) in [4.78, 5) is 14.2. The quantitative estimate of drug-likeness (QED) is 0.793. The molecular weight excluding hydrogens is 339 g/mol. The molecule has 1 saturated carbocycles. The van der Waals surface area contributed by atoms with Crippen LogP contribution in [0.15, 0.2) is 24.3 Å². The van der Waals surface area contributed by atoms with Crippen molar-refractivity contribution in [3.63, 3.8) is 0 Å².